The van der Waals surface area contributed by atoms with E-state index in [9.17, 15) is 4.79 Å². The Morgan fingerprint density at radius 1 is 1.41 bits per heavy atom. The maximum absolute atomic E-state index is 11.4. The number of anilines is 1. The molecule has 90 valence electrons. The van der Waals surface area contributed by atoms with Gasteiger partial charge in [-0.1, -0.05) is 15.9 Å². The van der Waals surface area contributed by atoms with Crippen LogP contribution in [0.25, 0.3) is 0 Å². The van der Waals surface area contributed by atoms with Crippen LogP contribution in [-0.4, -0.2) is 36.9 Å². The van der Waals surface area contributed by atoms with Gasteiger partial charge in [0, 0.05) is 11.5 Å². The molecule has 0 spiro atoms. The summed E-state index contributed by atoms with van der Waals surface area (Å²) in [5.74, 6) is -0.109. The Morgan fingerprint density at radius 2 is 2.12 bits per heavy atom. The molecule has 0 bridgehead atoms. The summed E-state index contributed by atoms with van der Waals surface area (Å²) in [5.41, 5.74) is 3.64. The molecule has 0 aromatic heterocycles. The molecule has 1 aromatic rings. The molecule has 1 heterocycles. The number of rotatable bonds is 2. The fourth-order valence-electron chi connectivity index (χ4n) is 1.37. The molecule has 0 saturated carbocycles. The number of benzene rings is 1. The van der Waals surface area contributed by atoms with Gasteiger partial charge in [0.15, 0.2) is 0 Å². The first kappa shape index (κ1) is 11.9. The van der Waals surface area contributed by atoms with Crippen LogP contribution in [0.2, 0.25) is 0 Å². The van der Waals surface area contributed by atoms with E-state index in [1.54, 1.807) is 4.90 Å². The lowest BCUT2D eigenvalue weighted by atomic mass is 10.3. The fourth-order valence-corrected chi connectivity index (χ4v) is 1.64. The summed E-state index contributed by atoms with van der Waals surface area (Å²) < 4.78 is 5.90. The van der Waals surface area contributed by atoms with E-state index in [4.69, 9.17) is 4.74 Å². The summed E-state index contributed by atoms with van der Waals surface area (Å²) in [6, 6.07) is 7.52. The van der Waals surface area contributed by atoms with Gasteiger partial charge in [0.2, 0.25) is 5.84 Å². The standard InChI is InChI=1S/C11H12BrN3O2/c1-15-6-7-17-11(16)10(15)14-13-9-4-2-8(12)3-5-9/h2-5,13H,6-7H2,1H3/b14-10-. The first-order valence-corrected chi connectivity index (χ1v) is 5.93. The van der Waals surface area contributed by atoms with Crippen molar-refractivity contribution in [2.75, 3.05) is 25.6 Å². The number of cyclic esters (lactones) is 1. The number of halogens is 1. The Labute approximate surface area is 108 Å². The van der Waals surface area contributed by atoms with Crippen molar-refractivity contribution in [2.45, 2.75) is 0 Å². The second-order valence-electron chi connectivity index (χ2n) is 3.61. The maximum Gasteiger partial charge on any atom is 0.376 e. The summed E-state index contributed by atoms with van der Waals surface area (Å²) in [5, 5.41) is 4.05. The number of carbonyl (C=O) groups is 1. The molecule has 0 radical (unpaired) electrons. The van der Waals surface area contributed by atoms with Gasteiger partial charge in [0.25, 0.3) is 0 Å². The summed E-state index contributed by atoms with van der Waals surface area (Å²) in [6.07, 6.45) is 0. The quantitative estimate of drug-likeness (QED) is 0.666. The zero-order valence-corrected chi connectivity index (χ0v) is 10.9. The third kappa shape index (κ3) is 2.97. The first-order valence-electron chi connectivity index (χ1n) is 5.14. The second kappa shape index (κ2) is 5.18. The molecule has 1 N–H and O–H groups in total. The topological polar surface area (TPSA) is 53.9 Å². The number of likely N-dealkylation sites (N-methyl/N-ethyl adjacent to an activating group) is 1. The molecule has 0 unspecified atom stereocenters. The average Bonchev–Trinajstić information content (AvgIpc) is 2.31. The minimum absolute atomic E-state index is 0.291. The highest BCUT2D eigenvalue weighted by molar-refractivity contribution is 9.10. The Bertz CT molecular complexity index is 445. The van der Waals surface area contributed by atoms with Crippen LogP contribution in [0.4, 0.5) is 5.69 Å². The zero-order chi connectivity index (χ0) is 12.3. The lowest BCUT2D eigenvalue weighted by Gasteiger charge is -2.24. The van der Waals surface area contributed by atoms with Crippen LogP contribution in [0.5, 0.6) is 0 Å². The molecule has 0 aliphatic carbocycles. The van der Waals surface area contributed by atoms with Crippen molar-refractivity contribution in [3.8, 4) is 0 Å². The van der Waals surface area contributed by atoms with E-state index in [-0.39, 0.29) is 0 Å². The van der Waals surface area contributed by atoms with E-state index in [0.717, 1.165) is 10.2 Å². The molecule has 1 aliphatic heterocycles. The van der Waals surface area contributed by atoms with Crippen molar-refractivity contribution >= 4 is 33.4 Å². The number of hydrazone groups is 1. The number of morpholine rings is 1. The van der Waals surface area contributed by atoms with Gasteiger partial charge in [-0.25, -0.2) is 4.79 Å². The predicted molar refractivity (Wildman–Crippen MR) is 68.8 cm³/mol. The Morgan fingerprint density at radius 3 is 2.76 bits per heavy atom. The van der Waals surface area contributed by atoms with E-state index in [0.29, 0.717) is 19.0 Å². The van der Waals surface area contributed by atoms with Gasteiger partial charge >= 0.3 is 5.97 Å². The molecular weight excluding hydrogens is 286 g/mol. The number of esters is 1. The van der Waals surface area contributed by atoms with Crippen LogP contribution in [-0.2, 0) is 9.53 Å². The smallest absolute Gasteiger partial charge is 0.376 e. The third-order valence-corrected chi connectivity index (χ3v) is 2.87. The van der Waals surface area contributed by atoms with E-state index in [1.807, 2.05) is 31.3 Å². The third-order valence-electron chi connectivity index (χ3n) is 2.34. The minimum atomic E-state index is -0.400. The average molecular weight is 298 g/mol. The van der Waals surface area contributed by atoms with Gasteiger partial charge in [-0.2, -0.15) is 0 Å². The number of hydrogen-bond acceptors (Lipinski definition) is 4. The lowest BCUT2D eigenvalue weighted by molar-refractivity contribution is -0.138. The Kier molecular flexibility index (Phi) is 3.63. The van der Waals surface area contributed by atoms with Gasteiger partial charge in [0.05, 0.1) is 12.2 Å². The molecule has 1 fully saturated rings. The maximum atomic E-state index is 11.4. The minimum Gasteiger partial charge on any atom is -0.458 e. The highest BCUT2D eigenvalue weighted by atomic mass is 79.9. The molecule has 6 heteroatoms. The van der Waals surface area contributed by atoms with Gasteiger partial charge in [0.1, 0.15) is 6.61 Å². The van der Waals surface area contributed by atoms with Crippen LogP contribution in [0.15, 0.2) is 33.8 Å². The molecule has 5 nitrogen and oxygen atoms in total. The van der Waals surface area contributed by atoms with Crippen molar-refractivity contribution in [2.24, 2.45) is 5.10 Å². The van der Waals surface area contributed by atoms with Crippen molar-refractivity contribution < 1.29 is 9.53 Å². The Hall–Kier alpha value is -1.56. The molecule has 0 amide bonds. The zero-order valence-electron chi connectivity index (χ0n) is 9.31. The van der Waals surface area contributed by atoms with Gasteiger partial charge < -0.3 is 9.64 Å². The SMILES string of the molecule is CN1CCOC(=O)/C1=N/Nc1ccc(Br)cc1. The summed E-state index contributed by atoms with van der Waals surface area (Å²) in [6.45, 7) is 1.07. The van der Waals surface area contributed by atoms with Gasteiger partial charge in [-0.15, -0.1) is 5.10 Å². The van der Waals surface area contributed by atoms with E-state index in [2.05, 4.69) is 26.5 Å². The number of nitrogens with one attached hydrogen (secondary N) is 1. The summed E-state index contributed by atoms with van der Waals surface area (Å²) >= 11 is 3.35. The lowest BCUT2D eigenvalue weighted by Crippen LogP contribution is -2.43. The van der Waals surface area contributed by atoms with Crippen molar-refractivity contribution in [1.82, 2.24) is 4.90 Å². The monoisotopic (exact) mass is 297 g/mol. The van der Waals surface area contributed by atoms with Crippen LogP contribution >= 0.6 is 15.9 Å². The highest BCUT2D eigenvalue weighted by Gasteiger charge is 2.23. The van der Waals surface area contributed by atoms with E-state index >= 15 is 0 Å². The Balaban J connectivity index is 2.08. The van der Waals surface area contributed by atoms with Crippen LogP contribution < -0.4 is 5.43 Å². The number of carbonyl (C=O) groups excluding carboxylic acids is 1. The molecule has 2 rings (SSSR count). The van der Waals surface area contributed by atoms with Crippen molar-refractivity contribution in [3.05, 3.63) is 28.7 Å². The largest absolute Gasteiger partial charge is 0.458 e. The fraction of sp³-hybridized carbons (Fsp3) is 0.273. The first-order chi connectivity index (χ1) is 8.16. The number of ether oxygens (including phenoxy) is 1. The highest BCUT2D eigenvalue weighted by Crippen LogP contribution is 2.14. The molecule has 1 aromatic carbocycles. The summed E-state index contributed by atoms with van der Waals surface area (Å²) in [4.78, 5) is 13.2. The number of nitrogens with zero attached hydrogens (tertiary/aromatic N) is 2. The summed E-state index contributed by atoms with van der Waals surface area (Å²) in [7, 11) is 1.81. The molecular formula is C11H12BrN3O2. The number of hydrogen-bond donors (Lipinski definition) is 1. The molecule has 0 atom stereocenters. The van der Waals surface area contributed by atoms with Crippen LogP contribution in [0.3, 0.4) is 0 Å². The molecule has 1 saturated heterocycles. The van der Waals surface area contributed by atoms with Crippen molar-refractivity contribution in [1.29, 1.82) is 0 Å². The van der Waals surface area contributed by atoms with Gasteiger partial charge in [-0.3, -0.25) is 5.43 Å². The van der Waals surface area contributed by atoms with E-state index in [1.165, 1.54) is 0 Å². The normalized spacial score (nSPS) is 18.1. The second-order valence-corrected chi connectivity index (χ2v) is 4.53. The van der Waals surface area contributed by atoms with E-state index < -0.39 is 5.97 Å². The van der Waals surface area contributed by atoms with Crippen molar-refractivity contribution in [3.63, 3.8) is 0 Å². The number of amidine groups is 1. The van der Waals surface area contributed by atoms with Crippen LogP contribution in [0.1, 0.15) is 0 Å². The predicted octanol–water partition coefficient (Wildman–Crippen LogP) is 1.66. The van der Waals surface area contributed by atoms with Gasteiger partial charge in [-0.05, 0) is 24.3 Å². The molecule has 17 heavy (non-hydrogen) atoms. The molecule has 1 aliphatic rings. The van der Waals surface area contributed by atoms with Crippen LogP contribution in [0, 0.1) is 0 Å².